The van der Waals surface area contributed by atoms with Gasteiger partial charge in [0, 0.05) is 48.3 Å². The van der Waals surface area contributed by atoms with Crippen molar-refractivity contribution in [1.29, 1.82) is 0 Å². The summed E-state index contributed by atoms with van der Waals surface area (Å²) < 4.78 is 0. The number of piperidine rings is 1. The number of benzene rings is 2. The minimum Gasteiger partial charge on any atom is -0.478 e. The van der Waals surface area contributed by atoms with Crippen molar-refractivity contribution >= 4 is 23.4 Å². The number of anilines is 1. The lowest BCUT2D eigenvalue weighted by Gasteiger charge is -2.32. The van der Waals surface area contributed by atoms with Gasteiger partial charge in [0.2, 0.25) is 0 Å². The van der Waals surface area contributed by atoms with E-state index in [1.54, 1.807) is 0 Å². The summed E-state index contributed by atoms with van der Waals surface area (Å²) in [7, 11) is 0. The molecule has 1 saturated heterocycles. The number of aryl methyl sites for hydroxylation is 1. The molecule has 2 aliphatic rings. The van der Waals surface area contributed by atoms with Crippen LogP contribution in [0.3, 0.4) is 0 Å². The third-order valence-corrected chi connectivity index (χ3v) is 7.43. The number of likely N-dealkylation sites (tertiary alicyclic amines) is 1. The summed E-state index contributed by atoms with van der Waals surface area (Å²) >= 11 is 0. The number of fused-ring (bicyclic) bond motifs is 1. The second-order valence-electron chi connectivity index (χ2n) is 9.90. The van der Waals surface area contributed by atoms with Crippen molar-refractivity contribution in [1.82, 2.24) is 4.90 Å². The Balaban J connectivity index is 1.28. The van der Waals surface area contributed by atoms with Crippen molar-refractivity contribution in [3.63, 3.8) is 0 Å². The van der Waals surface area contributed by atoms with E-state index in [-0.39, 0.29) is 11.4 Å². The lowest BCUT2D eigenvalue weighted by Crippen LogP contribution is -2.33. The number of hydrogen-bond acceptors (Lipinski definition) is 5. The average Bonchev–Trinajstić information content (AvgIpc) is 3.09. The largest absolute Gasteiger partial charge is 0.478 e. The Bertz CT molecular complexity index is 1120. The van der Waals surface area contributed by atoms with Crippen LogP contribution >= 0.6 is 0 Å². The predicted molar refractivity (Wildman–Crippen MR) is 138 cm³/mol. The molecule has 2 aromatic rings. The minimum absolute atomic E-state index is 0.103. The fourth-order valence-electron chi connectivity index (χ4n) is 5.32. The van der Waals surface area contributed by atoms with Crippen LogP contribution in [0.5, 0.6) is 0 Å². The molecular formula is C29H34N2O5. The first-order chi connectivity index (χ1) is 17.4. The summed E-state index contributed by atoms with van der Waals surface area (Å²) in [6.45, 7) is 3.45. The van der Waals surface area contributed by atoms with Crippen LogP contribution in [0.2, 0.25) is 0 Å². The fourth-order valence-corrected chi connectivity index (χ4v) is 5.32. The number of hydrogen-bond donors (Lipinski definition) is 3. The monoisotopic (exact) mass is 490 g/mol. The smallest absolute Gasteiger partial charge is 0.332 e. The molecule has 2 aliphatic heterocycles. The Morgan fingerprint density at radius 2 is 1.75 bits per heavy atom. The maximum Gasteiger partial charge on any atom is 0.332 e. The Morgan fingerprint density at radius 3 is 2.44 bits per heavy atom. The molecule has 0 radical (unpaired) electrons. The van der Waals surface area contributed by atoms with Gasteiger partial charge in [0.15, 0.2) is 5.78 Å². The summed E-state index contributed by atoms with van der Waals surface area (Å²) in [4.78, 5) is 38.1. The van der Waals surface area contributed by atoms with Crippen molar-refractivity contribution in [2.75, 3.05) is 25.0 Å². The Kier molecular flexibility index (Phi) is 8.54. The quantitative estimate of drug-likeness (QED) is 0.347. The molecule has 7 heteroatoms. The number of nitrogens with one attached hydrogen (secondary N) is 1. The number of carboxylic acid groups (broad SMARTS) is 2. The molecule has 0 aromatic heterocycles. The van der Waals surface area contributed by atoms with Crippen LogP contribution < -0.4 is 5.32 Å². The van der Waals surface area contributed by atoms with Gasteiger partial charge in [-0.25, -0.2) is 9.59 Å². The van der Waals surface area contributed by atoms with E-state index >= 15 is 0 Å². The van der Waals surface area contributed by atoms with E-state index in [2.05, 4.69) is 34.5 Å². The Hall–Kier alpha value is -3.45. The zero-order valence-corrected chi connectivity index (χ0v) is 20.5. The first-order valence-corrected chi connectivity index (χ1v) is 12.7. The van der Waals surface area contributed by atoms with E-state index in [0.29, 0.717) is 37.3 Å². The molecule has 36 heavy (non-hydrogen) atoms. The number of ketones is 1. The molecule has 0 saturated carbocycles. The summed E-state index contributed by atoms with van der Waals surface area (Å²) in [6, 6.07) is 16.2. The molecule has 0 aliphatic carbocycles. The number of carbonyl (C=O) groups is 3. The normalized spacial score (nSPS) is 19.1. The average molecular weight is 491 g/mol. The molecule has 1 atom stereocenters. The molecule has 2 heterocycles. The van der Waals surface area contributed by atoms with Crippen LogP contribution in [0.15, 0.2) is 60.2 Å². The second kappa shape index (κ2) is 12.0. The minimum atomic E-state index is -1.26. The molecular weight excluding hydrogens is 456 g/mol. The van der Waals surface area contributed by atoms with Gasteiger partial charge in [0.1, 0.15) is 0 Å². The maximum absolute atomic E-state index is 13.0. The molecule has 0 spiro atoms. The molecule has 1 unspecified atom stereocenters. The highest BCUT2D eigenvalue weighted by molar-refractivity contribution is 5.97. The first kappa shape index (κ1) is 25.6. The Labute approximate surface area is 211 Å². The Morgan fingerprint density at radius 1 is 1.00 bits per heavy atom. The molecule has 7 nitrogen and oxygen atoms in total. The topological polar surface area (TPSA) is 107 Å². The molecule has 190 valence electrons. The van der Waals surface area contributed by atoms with Crippen molar-refractivity contribution in [3.05, 3.63) is 76.9 Å². The highest BCUT2D eigenvalue weighted by Crippen LogP contribution is 2.29. The molecule has 0 amide bonds. The molecule has 3 N–H and O–H groups in total. The van der Waals surface area contributed by atoms with Gasteiger partial charge < -0.3 is 15.5 Å². The van der Waals surface area contributed by atoms with Crippen LogP contribution in [0, 0.1) is 11.8 Å². The number of carbonyl (C=O) groups excluding carboxylic acids is 1. The van der Waals surface area contributed by atoms with E-state index in [1.807, 2.05) is 24.3 Å². The summed E-state index contributed by atoms with van der Waals surface area (Å²) in [5.41, 5.74) is 3.77. The summed E-state index contributed by atoms with van der Waals surface area (Å²) in [5.74, 6) is -2.18. The van der Waals surface area contributed by atoms with E-state index in [0.717, 1.165) is 56.2 Å². The molecule has 2 aromatic carbocycles. The van der Waals surface area contributed by atoms with E-state index < -0.39 is 17.9 Å². The van der Waals surface area contributed by atoms with Gasteiger partial charge in [-0.2, -0.15) is 0 Å². The number of rotatable bonds is 9. The van der Waals surface area contributed by atoms with Crippen LogP contribution in [-0.2, 0) is 22.6 Å². The number of carboxylic acids is 2. The van der Waals surface area contributed by atoms with E-state index in [9.17, 15) is 19.5 Å². The van der Waals surface area contributed by atoms with Crippen LogP contribution in [0.1, 0.15) is 53.6 Å². The van der Waals surface area contributed by atoms with Gasteiger partial charge in [-0.15, -0.1) is 0 Å². The van der Waals surface area contributed by atoms with Crippen LogP contribution in [-0.4, -0.2) is 52.5 Å². The number of Topliss-reactive ketones (excluding diaryl/α,β-unsaturated/α-hetero) is 1. The van der Waals surface area contributed by atoms with Crippen molar-refractivity contribution in [2.24, 2.45) is 11.8 Å². The van der Waals surface area contributed by atoms with E-state index in [4.69, 9.17) is 5.11 Å². The van der Waals surface area contributed by atoms with Crippen molar-refractivity contribution in [3.8, 4) is 0 Å². The summed E-state index contributed by atoms with van der Waals surface area (Å²) in [5, 5.41) is 21.7. The SMILES string of the molecule is O=C(O)/C=C(\C(=O)O)C1CCc2cc(C(=O)CCC3CCN(Cc4ccccc4)CC3)ccc2NC1. The van der Waals surface area contributed by atoms with Crippen molar-refractivity contribution < 1.29 is 24.6 Å². The summed E-state index contributed by atoms with van der Waals surface area (Å²) in [6.07, 6.45) is 5.53. The maximum atomic E-state index is 13.0. The standard InChI is InChI=1S/C29H34N2O5/c32-27(11-6-20-12-14-31(15-13-20)19-21-4-2-1-3-5-21)23-9-10-26-22(16-23)7-8-24(18-30-26)25(29(35)36)17-28(33)34/h1-5,9-10,16-17,20,24,30H,6-8,11-15,18-19H2,(H,33,34)(H,35,36)/b25-17-. The third-order valence-electron chi connectivity index (χ3n) is 7.43. The number of nitrogens with zero attached hydrogens (tertiary/aromatic N) is 1. The lowest BCUT2D eigenvalue weighted by atomic mass is 9.89. The molecule has 4 rings (SSSR count). The first-order valence-electron chi connectivity index (χ1n) is 12.7. The number of aliphatic carboxylic acids is 2. The van der Waals surface area contributed by atoms with Gasteiger partial charge in [0.05, 0.1) is 0 Å². The van der Waals surface area contributed by atoms with Gasteiger partial charge in [-0.3, -0.25) is 9.69 Å². The predicted octanol–water partition coefficient (Wildman–Crippen LogP) is 4.63. The van der Waals surface area contributed by atoms with Crippen LogP contribution in [0.25, 0.3) is 0 Å². The van der Waals surface area contributed by atoms with Gasteiger partial charge in [-0.05, 0) is 80.4 Å². The third kappa shape index (κ3) is 6.82. The van der Waals surface area contributed by atoms with Gasteiger partial charge >= 0.3 is 11.9 Å². The molecule has 1 fully saturated rings. The lowest BCUT2D eigenvalue weighted by molar-refractivity contribution is -0.135. The van der Waals surface area contributed by atoms with Crippen LogP contribution in [0.4, 0.5) is 5.69 Å². The zero-order valence-electron chi connectivity index (χ0n) is 20.5. The van der Waals surface area contributed by atoms with E-state index in [1.165, 1.54) is 5.56 Å². The van der Waals surface area contributed by atoms with Gasteiger partial charge in [0.25, 0.3) is 0 Å². The van der Waals surface area contributed by atoms with Crippen molar-refractivity contribution in [2.45, 2.75) is 45.1 Å². The fraction of sp³-hybridized carbons (Fsp3) is 0.414. The zero-order chi connectivity index (χ0) is 25.5. The second-order valence-corrected chi connectivity index (χ2v) is 9.90. The highest BCUT2D eigenvalue weighted by Gasteiger charge is 2.25. The highest BCUT2D eigenvalue weighted by atomic mass is 16.4. The van der Waals surface area contributed by atoms with Gasteiger partial charge in [-0.1, -0.05) is 30.3 Å². The molecule has 0 bridgehead atoms.